The van der Waals surface area contributed by atoms with Gasteiger partial charge in [0, 0.05) is 5.56 Å². The van der Waals surface area contributed by atoms with Gasteiger partial charge in [-0.15, -0.1) is 0 Å². The average molecular weight is 350 g/mol. The number of hydrogen-bond donors (Lipinski definition) is 2. The van der Waals surface area contributed by atoms with Crippen molar-refractivity contribution in [3.63, 3.8) is 0 Å². The van der Waals surface area contributed by atoms with Gasteiger partial charge in [-0.05, 0) is 30.3 Å². The van der Waals surface area contributed by atoms with Gasteiger partial charge in [0.05, 0.1) is 27.2 Å². The number of aliphatic hydroxyl groups is 1. The van der Waals surface area contributed by atoms with Gasteiger partial charge < -0.3 is 5.11 Å². The summed E-state index contributed by atoms with van der Waals surface area (Å²) in [6, 6.07) is 7.63. The molecule has 0 aliphatic heterocycles. The zero-order valence-corrected chi connectivity index (χ0v) is 12.8. The lowest BCUT2D eigenvalue weighted by Crippen LogP contribution is -2.14. The van der Waals surface area contributed by atoms with Gasteiger partial charge in [0.25, 0.3) is 10.0 Å². The molecule has 2 rings (SSSR count). The van der Waals surface area contributed by atoms with Gasteiger partial charge in [-0.1, -0.05) is 29.3 Å². The maximum atomic E-state index is 13.3. The number of halogens is 3. The van der Waals surface area contributed by atoms with Gasteiger partial charge in [-0.3, -0.25) is 4.72 Å². The Morgan fingerprint density at radius 1 is 1.14 bits per heavy atom. The first-order valence-corrected chi connectivity index (χ1v) is 7.95. The third-order valence-electron chi connectivity index (χ3n) is 2.70. The van der Waals surface area contributed by atoms with Gasteiger partial charge in [0.2, 0.25) is 0 Å². The van der Waals surface area contributed by atoms with Crippen LogP contribution in [0.3, 0.4) is 0 Å². The van der Waals surface area contributed by atoms with Gasteiger partial charge >= 0.3 is 0 Å². The summed E-state index contributed by atoms with van der Waals surface area (Å²) in [5.74, 6) is -0.688. The van der Waals surface area contributed by atoms with Crippen molar-refractivity contribution in [2.24, 2.45) is 0 Å². The second kappa shape index (κ2) is 6.19. The number of para-hydroxylation sites is 1. The van der Waals surface area contributed by atoms with Crippen molar-refractivity contribution in [3.8, 4) is 0 Å². The highest BCUT2D eigenvalue weighted by atomic mass is 35.5. The number of sulfonamides is 1. The Hall–Kier alpha value is -1.34. The van der Waals surface area contributed by atoms with Crippen LogP contribution in [-0.4, -0.2) is 13.5 Å². The van der Waals surface area contributed by atoms with E-state index in [9.17, 15) is 12.8 Å². The van der Waals surface area contributed by atoms with Crippen molar-refractivity contribution in [2.75, 3.05) is 4.72 Å². The summed E-state index contributed by atoms with van der Waals surface area (Å²) < 4.78 is 40.0. The molecule has 0 bridgehead atoms. The molecule has 0 unspecified atom stereocenters. The van der Waals surface area contributed by atoms with Gasteiger partial charge in [-0.2, -0.15) is 0 Å². The molecule has 0 saturated carbocycles. The fourth-order valence-electron chi connectivity index (χ4n) is 1.63. The SMILES string of the molecule is O=S(=O)(Nc1c(Cl)cccc1Cl)c1ccc(F)c(CO)c1. The fourth-order valence-corrected chi connectivity index (χ4v) is 3.38. The lowest BCUT2D eigenvalue weighted by molar-refractivity contribution is 0.275. The topological polar surface area (TPSA) is 66.4 Å². The lowest BCUT2D eigenvalue weighted by Gasteiger charge is -2.12. The molecule has 0 aliphatic rings. The molecule has 21 heavy (non-hydrogen) atoms. The van der Waals surface area contributed by atoms with E-state index in [1.54, 1.807) is 6.07 Å². The minimum atomic E-state index is -4.00. The third-order valence-corrected chi connectivity index (χ3v) is 4.67. The lowest BCUT2D eigenvalue weighted by atomic mass is 10.2. The van der Waals surface area contributed by atoms with Gasteiger partial charge in [0.1, 0.15) is 5.82 Å². The predicted molar refractivity (Wildman–Crippen MR) is 79.6 cm³/mol. The molecule has 0 spiro atoms. The van der Waals surface area contributed by atoms with E-state index in [-0.39, 0.29) is 26.2 Å². The Morgan fingerprint density at radius 3 is 2.33 bits per heavy atom. The highest BCUT2D eigenvalue weighted by Crippen LogP contribution is 2.32. The molecule has 8 heteroatoms. The standard InChI is InChI=1S/C13H10Cl2FNO3S/c14-10-2-1-3-11(15)13(10)17-21(19,20)9-4-5-12(16)8(6-9)7-18/h1-6,17-18H,7H2. The van der Waals surface area contributed by atoms with Crippen LogP contribution in [0.1, 0.15) is 5.56 Å². The Labute approximate surface area is 131 Å². The molecule has 0 heterocycles. The fraction of sp³-hybridized carbons (Fsp3) is 0.0769. The molecule has 2 aromatic carbocycles. The molecule has 0 atom stereocenters. The highest BCUT2D eigenvalue weighted by molar-refractivity contribution is 7.92. The van der Waals surface area contributed by atoms with E-state index in [1.807, 2.05) is 0 Å². The average Bonchev–Trinajstić information content (AvgIpc) is 2.43. The highest BCUT2D eigenvalue weighted by Gasteiger charge is 2.19. The number of rotatable bonds is 4. The van der Waals surface area contributed by atoms with E-state index in [0.717, 1.165) is 18.2 Å². The second-order valence-corrected chi connectivity index (χ2v) is 6.61. The summed E-state index contributed by atoms with van der Waals surface area (Å²) >= 11 is 11.8. The molecule has 0 aromatic heterocycles. The summed E-state index contributed by atoms with van der Waals surface area (Å²) in [6.45, 7) is -0.609. The van der Waals surface area contributed by atoms with E-state index in [4.69, 9.17) is 28.3 Å². The molecule has 0 aliphatic carbocycles. The number of aliphatic hydroxyl groups excluding tert-OH is 1. The summed E-state index contributed by atoms with van der Waals surface area (Å²) in [7, 11) is -4.00. The minimum Gasteiger partial charge on any atom is -0.392 e. The summed E-state index contributed by atoms with van der Waals surface area (Å²) in [5, 5.41) is 9.26. The minimum absolute atomic E-state index is 0.0377. The first-order chi connectivity index (χ1) is 9.85. The van der Waals surface area contributed by atoms with Crippen molar-refractivity contribution in [1.29, 1.82) is 0 Å². The van der Waals surface area contributed by atoms with E-state index >= 15 is 0 Å². The van der Waals surface area contributed by atoms with Crippen LogP contribution in [0, 0.1) is 5.82 Å². The van der Waals surface area contributed by atoms with Crippen LogP contribution in [-0.2, 0) is 16.6 Å². The molecule has 2 aromatic rings. The number of anilines is 1. The van der Waals surface area contributed by atoms with E-state index in [2.05, 4.69) is 4.72 Å². The molecule has 0 amide bonds. The summed E-state index contributed by atoms with van der Waals surface area (Å²) in [5.41, 5.74) is -0.0844. The van der Waals surface area contributed by atoms with E-state index < -0.39 is 22.4 Å². The van der Waals surface area contributed by atoms with Crippen LogP contribution in [0.2, 0.25) is 10.0 Å². The molecule has 4 nitrogen and oxygen atoms in total. The van der Waals surface area contributed by atoms with Crippen LogP contribution in [0.15, 0.2) is 41.3 Å². The van der Waals surface area contributed by atoms with Crippen molar-refractivity contribution in [3.05, 3.63) is 57.8 Å². The van der Waals surface area contributed by atoms with Crippen molar-refractivity contribution in [2.45, 2.75) is 11.5 Å². The molecule has 0 radical (unpaired) electrons. The maximum absolute atomic E-state index is 13.3. The Morgan fingerprint density at radius 2 is 1.76 bits per heavy atom. The molecular weight excluding hydrogens is 340 g/mol. The van der Waals surface area contributed by atoms with Crippen LogP contribution in [0.5, 0.6) is 0 Å². The van der Waals surface area contributed by atoms with Crippen LogP contribution >= 0.6 is 23.2 Å². The summed E-state index contributed by atoms with van der Waals surface area (Å²) in [4.78, 5) is -0.205. The second-order valence-electron chi connectivity index (χ2n) is 4.11. The number of benzene rings is 2. The largest absolute Gasteiger partial charge is 0.392 e. The van der Waals surface area contributed by atoms with Crippen molar-refractivity contribution >= 4 is 38.9 Å². The zero-order chi connectivity index (χ0) is 15.6. The predicted octanol–water partition coefficient (Wildman–Crippen LogP) is 3.43. The molecule has 0 fully saturated rings. The first-order valence-electron chi connectivity index (χ1n) is 5.71. The van der Waals surface area contributed by atoms with E-state index in [0.29, 0.717) is 0 Å². The Balaban J connectivity index is 2.44. The smallest absolute Gasteiger partial charge is 0.262 e. The zero-order valence-electron chi connectivity index (χ0n) is 10.5. The molecule has 112 valence electrons. The summed E-state index contributed by atoms with van der Waals surface area (Å²) in [6.07, 6.45) is 0. The first kappa shape index (κ1) is 16.0. The van der Waals surface area contributed by atoms with Crippen molar-refractivity contribution in [1.82, 2.24) is 0 Å². The monoisotopic (exact) mass is 349 g/mol. The van der Waals surface area contributed by atoms with Gasteiger partial charge in [0.15, 0.2) is 0 Å². The molecule has 2 N–H and O–H groups in total. The maximum Gasteiger partial charge on any atom is 0.262 e. The third kappa shape index (κ3) is 3.47. The Kier molecular flexibility index (Phi) is 4.73. The van der Waals surface area contributed by atoms with Crippen LogP contribution < -0.4 is 4.72 Å². The Bertz CT molecular complexity index is 761. The van der Waals surface area contributed by atoms with Crippen LogP contribution in [0.4, 0.5) is 10.1 Å². The number of hydrogen-bond acceptors (Lipinski definition) is 3. The van der Waals surface area contributed by atoms with Gasteiger partial charge in [-0.25, -0.2) is 12.8 Å². The molecular formula is C13H10Cl2FNO3S. The quantitative estimate of drug-likeness (QED) is 0.888. The molecule has 0 saturated heterocycles. The normalized spacial score (nSPS) is 11.4. The van der Waals surface area contributed by atoms with E-state index in [1.165, 1.54) is 12.1 Å². The number of nitrogens with one attached hydrogen (secondary N) is 1. The van der Waals surface area contributed by atoms with Crippen LogP contribution in [0.25, 0.3) is 0 Å². The van der Waals surface area contributed by atoms with Crippen molar-refractivity contribution < 1.29 is 17.9 Å².